The number of aliphatic carboxylic acids is 1. The van der Waals surface area contributed by atoms with Gasteiger partial charge in [0.15, 0.2) is 0 Å². The molecule has 1 aromatic rings. The summed E-state index contributed by atoms with van der Waals surface area (Å²) in [4.78, 5) is 26.6. The van der Waals surface area contributed by atoms with Crippen molar-refractivity contribution < 1.29 is 24.2 Å². The van der Waals surface area contributed by atoms with E-state index in [1.54, 1.807) is 0 Å². The lowest BCUT2D eigenvalue weighted by Crippen LogP contribution is -2.57. The Balaban J connectivity index is 1.36. The molecule has 3 heterocycles. The Bertz CT molecular complexity index is 896. The summed E-state index contributed by atoms with van der Waals surface area (Å²) in [6.45, 7) is 4.29. The monoisotopic (exact) mass is 455 g/mol. The van der Waals surface area contributed by atoms with Crippen LogP contribution >= 0.6 is 0 Å². The number of carboxylic acids is 1. The van der Waals surface area contributed by atoms with Gasteiger partial charge in [-0.15, -0.1) is 0 Å². The lowest BCUT2D eigenvalue weighted by molar-refractivity contribution is -0.185. The van der Waals surface area contributed by atoms with Gasteiger partial charge in [-0.3, -0.25) is 9.59 Å². The third kappa shape index (κ3) is 4.51. The van der Waals surface area contributed by atoms with Gasteiger partial charge in [-0.05, 0) is 57.4 Å². The van der Waals surface area contributed by atoms with Gasteiger partial charge in [0, 0.05) is 42.8 Å². The topological polar surface area (TPSA) is 76.1 Å². The number of nitrogens with zero attached hydrogens (tertiary/aromatic N) is 1. The third-order valence-corrected chi connectivity index (χ3v) is 8.73. The summed E-state index contributed by atoms with van der Waals surface area (Å²) >= 11 is 0. The fourth-order valence-corrected chi connectivity index (χ4v) is 6.88. The van der Waals surface area contributed by atoms with E-state index in [1.165, 1.54) is 25.7 Å². The number of ether oxygens (including phenoxy) is 2. The van der Waals surface area contributed by atoms with Gasteiger partial charge in [0.2, 0.25) is 5.91 Å². The maximum Gasteiger partial charge on any atom is 0.303 e. The quantitative estimate of drug-likeness (QED) is 0.678. The van der Waals surface area contributed by atoms with Gasteiger partial charge in [0.1, 0.15) is 11.4 Å². The molecule has 0 radical (unpaired) electrons. The molecule has 3 aliphatic heterocycles. The minimum absolute atomic E-state index is 0.0605. The fraction of sp³-hybridized carbons (Fsp3) is 0.704. The minimum atomic E-state index is -0.803. The van der Waals surface area contributed by atoms with Crippen LogP contribution in [0, 0.1) is 17.3 Å². The van der Waals surface area contributed by atoms with E-state index < -0.39 is 11.6 Å². The number of hydrogen-bond donors (Lipinski definition) is 1. The highest BCUT2D eigenvalue weighted by molar-refractivity contribution is 5.76. The summed E-state index contributed by atoms with van der Waals surface area (Å²) in [5.74, 6) is 0.930. The van der Waals surface area contributed by atoms with Crippen LogP contribution in [-0.2, 0) is 14.3 Å². The number of piperidine rings is 1. The SMILES string of the molecule is C[C@]1(CCC(=O)O)Oc2ccccc2[C@@H]2OC[C@]3(CCCN(C(=O)CC4CCCC4)C3)C[C@H]21. The molecule has 1 amide bonds. The standard InChI is InChI=1S/C27H37NO5/c1-26(13-11-24(30)31)21-16-27(18-32-25(21)20-9-4-5-10-22(20)33-26)12-6-14-28(17-27)23(29)15-19-7-2-3-8-19/h4-5,9-10,19,21,25H,2-3,6-8,11-18H2,1H3,(H,30,31)/t21-,25+,26-,27-/m1/s1. The highest BCUT2D eigenvalue weighted by atomic mass is 16.5. The minimum Gasteiger partial charge on any atom is -0.487 e. The number of para-hydroxylation sites is 1. The maximum atomic E-state index is 13.1. The van der Waals surface area contributed by atoms with Crippen molar-refractivity contribution in [2.24, 2.45) is 17.3 Å². The van der Waals surface area contributed by atoms with Crippen molar-refractivity contribution in [3.63, 3.8) is 0 Å². The van der Waals surface area contributed by atoms with Gasteiger partial charge < -0.3 is 19.5 Å². The van der Waals surface area contributed by atoms with Crippen molar-refractivity contribution in [3.8, 4) is 5.75 Å². The number of amides is 1. The number of hydrogen-bond acceptors (Lipinski definition) is 4. The Labute approximate surface area is 196 Å². The lowest BCUT2D eigenvalue weighted by Gasteiger charge is -2.55. The maximum absolute atomic E-state index is 13.1. The van der Waals surface area contributed by atoms with Crippen LogP contribution < -0.4 is 4.74 Å². The van der Waals surface area contributed by atoms with Crippen LogP contribution in [0.5, 0.6) is 5.75 Å². The van der Waals surface area contributed by atoms with Crippen molar-refractivity contribution in [1.29, 1.82) is 0 Å². The molecular weight excluding hydrogens is 418 g/mol. The summed E-state index contributed by atoms with van der Waals surface area (Å²) in [5, 5.41) is 9.37. The number of carbonyl (C=O) groups is 2. The predicted octanol–water partition coefficient (Wildman–Crippen LogP) is 4.97. The predicted molar refractivity (Wildman–Crippen MR) is 124 cm³/mol. The largest absolute Gasteiger partial charge is 0.487 e. The zero-order chi connectivity index (χ0) is 23.1. The summed E-state index contributed by atoms with van der Waals surface area (Å²) in [5.41, 5.74) is 0.376. The van der Waals surface area contributed by atoms with E-state index in [0.29, 0.717) is 31.3 Å². The van der Waals surface area contributed by atoms with Gasteiger partial charge in [0.05, 0.1) is 12.7 Å². The first-order valence-electron chi connectivity index (χ1n) is 12.8. The molecule has 4 aliphatic rings. The summed E-state index contributed by atoms with van der Waals surface area (Å²) < 4.78 is 13.1. The molecular formula is C27H37NO5. The molecule has 6 nitrogen and oxygen atoms in total. The Kier molecular flexibility index (Phi) is 6.15. The average Bonchev–Trinajstić information content (AvgIpc) is 3.31. The molecule has 0 unspecified atom stereocenters. The van der Waals surface area contributed by atoms with E-state index in [-0.39, 0.29) is 23.9 Å². The van der Waals surface area contributed by atoms with Crippen LogP contribution in [0.1, 0.15) is 82.8 Å². The summed E-state index contributed by atoms with van der Waals surface area (Å²) in [6, 6.07) is 8.00. The molecule has 1 aromatic carbocycles. The van der Waals surface area contributed by atoms with E-state index in [2.05, 4.69) is 17.9 Å². The van der Waals surface area contributed by atoms with Crippen LogP contribution in [0.15, 0.2) is 24.3 Å². The number of fused-ring (bicyclic) bond motifs is 3. The summed E-state index contributed by atoms with van der Waals surface area (Å²) in [7, 11) is 0. The van der Waals surface area contributed by atoms with E-state index in [4.69, 9.17) is 9.47 Å². The molecule has 4 atom stereocenters. The average molecular weight is 456 g/mol. The van der Waals surface area contributed by atoms with Crippen molar-refractivity contribution in [3.05, 3.63) is 29.8 Å². The van der Waals surface area contributed by atoms with Crippen LogP contribution in [0.2, 0.25) is 0 Å². The molecule has 5 rings (SSSR count). The van der Waals surface area contributed by atoms with Gasteiger partial charge >= 0.3 is 5.97 Å². The lowest BCUT2D eigenvalue weighted by atomic mass is 9.64. The number of rotatable bonds is 5. The Hall–Kier alpha value is -2.08. The Morgan fingerprint density at radius 3 is 2.76 bits per heavy atom. The molecule has 0 aromatic heterocycles. The van der Waals surface area contributed by atoms with Crippen LogP contribution in [-0.4, -0.2) is 47.2 Å². The third-order valence-electron chi connectivity index (χ3n) is 8.73. The molecule has 1 saturated carbocycles. The number of carbonyl (C=O) groups excluding carboxylic acids is 1. The highest BCUT2D eigenvalue weighted by Gasteiger charge is 2.54. The molecule has 1 N–H and O–H groups in total. The second kappa shape index (κ2) is 8.94. The van der Waals surface area contributed by atoms with Crippen molar-refractivity contribution >= 4 is 11.9 Å². The highest BCUT2D eigenvalue weighted by Crippen LogP contribution is 2.56. The second-order valence-corrected chi connectivity index (χ2v) is 11.2. The first-order valence-corrected chi connectivity index (χ1v) is 12.8. The molecule has 2 saturated heterocycles. The number of carboxylic acid groups (broad SMARTS) is 1. The molecule has 1 spiro atoms. The van der Waals surface area contributed by atoms with E-state index >= 15 is 0 Å². The van der Waals surface area contributed by atoms with Crippen molar-refractivity contribution in [1.82, 2.24) is 4.90 Å². The van der Waals surface area contributed by atoms with Gasteiger partial charge in [-0.2, -0.15) is 0 Å². The molecule has 0 bridgehead atoms. The van der Waals surface area contributed by atoms with E-state index in [1.807, 2.05) is 18.2 Å². The molecule has 1 aliphatic carbocycles. The normalized spacial score (nSPS) is 33.9. The Morgan fingerprint density at radius 2 is 1.97 bits per heavy atom. The second-order valence-electron chi connectivity index (χ2n) is 11.2. The first kappa shape index (κ1) is 22.7. The summed E-state index contributed by atoms with van der Waals surface area (Å²) in [6.07, 6.45) is 8.95. The van der Waals surface area contributed by atoms with Gasteiger partial charge in [-0.1, -0.05) is 31.0 Å². The Morgan fingerprint density at radius 1 is 1.18 bits per heavy atom. The van der Waals surface area contributed by atoms with E-state index in [0.717, 1.165) is 43.7 Å². The number of benzene rings is 1. The number of likely N-dealkylation sites (tertiary alicyclic amines) is 1. The van der Waals surface area contributed by atoms with Crippen LogP contribution in [0.3, 0.4) is 0 Å². The fourth-order valence-electron chi connectivity index (χ4n) is 6.88. The van der Waals surface area contributed by atoms with E-state index in [9.17, 15) is 14.7 Å². The molecule has 3 fully saturated rings. The molecule has 33 heavy (non-hydrogen) atoms. The van der Waals surface area contributed by atoms with Crippen molar-refractivity contribution in [2.75, 3.05) is 19.7 Å². The van der Waals surface area contributed by atoms with Crippen molar-refractivity contribution in [2.45, 2.75) is 82.8 Å². The van der Waals surface area contributed by atoms with Crippen LogP contribution in [0.25, 0.3) is 0 Å². The van der Waals surface area contributed by atoms with Crippen LogP contribution in [0.4, 0.5) is 0 Å². The molecule has 6 heteroatoms. The van der Waals surface area contributed by atoms with Gasteiger partial charge in [0.25, 0.3) is 0 Å². The molecule has 180 valence electrons. The first-order chi connectivity index (χ1) is 15.9. The zero-order valence-corrected chi connectivity index (χ0v) is 19.8. The zero-order valence-electron chi connectivity index (χ0n) is 19.8. The smallest absolute Gasteiger partial charge is 0.303 e. The van der Waals surface area contributed by atoms with Gasteiger partial charge in [-0.25, -0.2) is 0 Å².